The van der Waals surface area contributed by atoms with Crippen molar-refractivity contribution >= 4 is 17.3 Å². The summed E-state index contributed by atoms with van der Waals surface area (Å²) in [6.45, 7) is 3.18. The lowest BCUT2D eigenvalue weighted by Crippen LogP contribution is -2.42. The fourth-order valence-corrected chi connectivity index (χ4v) is 4.11. The molecule has 1 unspecified atom stereocenters. The number of aromatic nitrogens is 2. The van der Waals surface area contributed by atoms with E-state index < -0.39 is 0 Å². The van der Waals surface area contributed by atoms with Crippen LogP contribution in [0.5, 0.6) is 0 Å². The van der Waals surface area contributed by atoms with E-state index >= 15 is 0 Å². The molecule has 2 aromatic rings. The molecule has 0 aliphatic carbocycles. The zero-order valence-corrected chi connectivity index (χ0v) is 15.3. The molecule has 4 heterocycles. The number of nitrogens with zero attached hydrogens (tertiary/aromatic N) is 5. The van der Waals surface area contributed by atoms with Gasteiger partial charge in [0.2, 0.25) is 5.91 Å². The van der Waals surface area contributed by atoms with Crippen LogP contribution in [0.25, 0.3) is 5.52 Å². The molecule has 2 aromatic heterocycles. The second-order valence-electron chi connectivity index (χ2n) is 7.47. The lowest BCUT2D eigenvalue weighted by atomic mass is 10.1. The molecule has 0 bridgehead atoms. The Balaban J connectivity index is 1.43. The van der Waals surface area contributed by atoms with Crippen LogP contribution in [-0.4, -0.2) is 82.4 Å². The highest BCUT2D eigenvalue weighted by Gasteiger charge is 2.36. The van der Waals surface area contributed by atoms with Crippen molar-refractivity contribution in [3.8, 4) is 0 Å². The topological polar surface area (TPSA) is 61.2 Å². The van der Waals surface area contributed by atoms with Gasteiger partial charge < -0.3 is 14.7 Å². The highest BCUT2D eigenvalue weighted by atomic mass is 16.2. The Morgan fingerprint density at radius 2 is 2.00 bits per heavy atom. The van der Waals surface area contributed by atoms with Crippen molar-refractivity contribution in [3.63, 3.8) is 0 Å². The van der Waals surface area contributed by atoms with Gasteiger partial charge in [0, 0.05) is 32.9 Å². The van der Waals surface area contributed by atoms with Crippen LogP contribution < -0.4 is 0 Å². The number of likely N-dealkylation sites (N-methyl/N-ethyl adjacent to an activating group) is 1. The second-order valence-corrected chi connectivity index (χ2v) is 7.47. The van der Waals surface area contributed by atoms with E-state index in [1.165, 1.54) is 0 Å². The first-order valence-electron chi connectivity index (χ1n) is 9.22. The molecule has 0 radical (unpaired) electrons. The van der Waals surface area contributed by atoms with Crippen molar-refractivity contribution < 1.29 is 9.59 Å². The first-order chi connectivity index (χ1) is 12.5. The van der Waals surface area contributed by atoms with E-state index in [4.69, 9.17) is 0 Å². The molecule has 2 aliphatic rings. The maximum Gasteiger partial charge on any atom is 0.272 e. The number of likely N-dealkylation sites (tertiary alicyclic amines) is 2. The molecule has 26 heavy (non-hydrogen) atoms. The van der Waals surface area contributed by atoms with Gasteiger partial charge in [-0.15, -0.1) is 0 Å². The summed E-state index contributed by atoms with van der Waals surface area (Å²) in [5.74, 6) is 0.301. The Morgan fingerprint density at radius 1 is 1.15 bits per heavy atom. The normalized spacial score (nSPS) is 23.7. The third kappa shape index (κ3) is 2.96. The fourth-order valence-electron chi connectivity index (χ4n) is 4.11. The summed E-state index contributed by atoms with van der Waals surface area (Å²) < 4.78 is 1.67. The third-order valence-corrected chi connectivity index (χ3v) is 5.72. The molecule has 7 nitrogen and oxygen atoms in total. The minimum Gasteiger partial charge on any atom is -0.340 e. The van der Waals surface area contributed by atoms with Gasteiger partial charge in [-0.25, -0.2) is 4.52 Å². The van der Waals surface area contributed by atoms with Gasteiger partial charge in [0.25, 0.3) is 5.91 Å². The summed E-state index contributed by atoms with van der Waals surface area (Å²) in [4.78, 5) is 31.6. The summed E-state index contributed by atoms with van der Waals surface area (Å²) in [5.41, 5.74) is 1.46. The quantitative estimate of drug-likeness (QED) is 0.823. The summed E-state index contributed by atoms with van der Waals surface area (Å²) in [6.07, 6.45) is 3.44. The second kappa shape index (κ2) is 6.72. The van der Waals surface area contributed by atoms with Crippen molar-refractivity contribution in [2.75, 3.05) is 40.3 Å². The van der Waals surface area contributed by atoms with Crippen LogP contribution in [0.3, 0.4) is 0 Å². The SMILES string of the molecule is CN1CC[C@H](C(=O)N2CCC(N(C)C(=O)c3ccc4cccnn34)C2)C1. The maximum absolute atomic E-state index is 12.9. The van der Waals surface area contributed by atoms with Gasteiger partial charge in [0.15, 0.2) is 0 Å². The van der Waals surface area contributed by atoms with Crippen LogP contribution in [0.4, 0.5) is 0 Å². The molecule has 0 N–H and O–H groups in total. The summed E-state index contributed by atoms with van der Waals surface area (Å²) in [6, 6.07) is 7.55. The van der Waals surface area contributed by atoms with E-state index in [1.807, 2.05) is 36.2 Å². The number of rotatable bonds is 3. The van der Waals surface area contributed by atoms with Crippen LogP contribution in [0.2, 0.25) is 0 Å². The Morgan fingerprint density at radius 3 is 2.77 bits per heavy atom. The number of amides is 2. The summed E-state index contributed by atoms with van der Waals surface area (Å²) in [7, 11) is 3.88. The van der Waals surface area contributed by atoms with Crippen LogP contribution in [-0.2, 0) is 4.79 Å². The highest BCUT2D eigenvalue weighted by Crippen LogP contribution is 2.23. The smallest absolute Gasteiger partial charge is 0.272 e. The van der Waals surface area contributed by atoms with Crippen molar-refractivity contribution in [1.29, 1.82) is 0 Å². The Bertz CT molecular complexity index is 832. The van der Waals surface area contributed by atoms with E-state index in [1.54, 1.807) is 15.6 Å². The molecule has 2 saturated heterocycles. The van der Waals surface area contributed by atoms with Gasteiger partial charge in [0.05, 0.1) is 17.5 Å². The number of fused-ring (bicyclic) bond motifs is 1. The molecule has 0 aromatic carbocycles. The molecular weight excluding hydrogens is 330 g/mol. The zero-order valence-electron chi connectivity index (χ0n) is 15.3. The molecule has 138 valence electrons. The first kappa shape index (κ1) is 17.0. The van der Waals surface area contributed by atoms with Crippen molar-refractivity contribution in [2.45, 2.75) is 18.9 Å². The predicted octanol–water partition coefficient (Wildman–Crippen LogP) is 0.959. The lowest BCUT2D eigenvalue weighted by Gasteiger charge is -2.25. The number of carbonyl (C=O) groups excluding carboxylic acids is 2. The third-order valence-electron chi connectivity index (χ3n) is 5.72. The van der Waals surface area contributed by atoms with Gasteiger partial charge in [-0.1, -0.05) is 0 Å². The monoisotopic (exact) mass is 355 g/mol. The Hall–Kier alpha value is -2.41. The van der Waals surface area contributed by atoms with Crippen LogP contribution in [0, 0.1) is 5.92 Å². The molecule has 2 fully saturated rings. The van der Waals surface area contributed by atoms with Crippen molar-refractivity contribution in [3.05, 3.63) is 36.2 Å². The van der Waals surface area contributed by atoms with Gasteiger partial charge in [-0.2, -0.15) is 5.10 Å². The van der Waals surface area contributed by atoms with Crippen LogP contribution in [0.15, 0.2) is 30.5 Å². The molecule has 0 saturated carbocycles. The maximum atomic E-state index is 12.9. The number of carbonyl (C=O) groups is 2. The minimum absolute atomic E-state index is 0.0522. The molecule has 7 heteroatoms. The van der Waals surface area contributed by atoms with Crippen molar-refractivity contribution in [1.82, 2.24) is 24.3 Å². The van der Waals surface area contributed by atoms with E-state index in [9.17, 15) is 9.59 Å². The number of hydrogen-bond donors (Lipinski definition) is 0. The minimum atomic E-state index is -0.0522. The van der Waals surface area contributed by atoms with E-state index in [0.717, 1.165) is 38.0 Å². The first-order valence-corrected chi connectivity index (χ1v) is 9.22. The molecule has 2 amide bonds. The molecule has 4 rings (SSSR count). The average Bonchev–Trinajstić information content (AvgIpc) is 3.39. The summed E-state index contributed by atoms with van der Waals surface area (Å²) in [5, 5.41) is 4.27. The summed E-state index contributed by atoms with van der Waals surface area (Å²) >= 11 is 0. The average molecular weight is 355 g/mol. The molecular formula is C19H25N5O2. The largest absolute Gasteiger partial charge is 0.340 e. The van der Waals surface area contributed by atoms with E-state index in [0.29, 0.717) is 12.2 Å². The van der Waals surface area contributed by atoms with Gasteiger partial charge in [0.1, 0.15) is 5.69 Å². The fraction of sp³-hybridized carbons (Fsp3) is 0.526. The Labute approximate surface area is 153 Å². The van der Waals surface area contributed by atoms with Gasteiger partial charge >= 0.3 is 0 Å². The van der Waals surface area contributed by atoms with Crippen LogP contribution >= 0.6 is 0 Å². The van der Waals surface area contributed by atoms with Crippen molar-refractivity contribution in [2.24, 2.45) is 5.92 Å². The van der Waals surface area contributed by atoms with E-state index in [-0.39, 0.29) is 23.8 Å². The zero-order chi connectivity index (χ0) is 18.3. The Kier molecular flexibility index (Phi) is 4.40. The predicted molar refractivity (Wildman–Crippen MR) is 97.9 cm³/mol. The highest BCUT2D eigenvalue weighted by molar-refractivity contribution is 5.94. The van der Waals surface area contributed by atoms with Gasteiger partial charge in [-0.05, 0) is 50.7 Å². The van der Waals surface area contributed by atoms with E-state index in [2.05, 4.69) is 17.0 Å². The molecule has 2 atom stereocenters. The molecule has 2 aliphatic heterocycles. The number of hydrogen-bond acceptors (Lipinski definition) is 4. The molecule has 0 spiro atoms. The van der Waals surface area contributed by atoms with Crippen LogP contribution in [0.1, 0.15) is 23.3 Å². The lowest BCUT2D eigenvalue weighted by molar-refractivity contribution is -0.134. The standard InChI is InChI=1S/C19H25N5O2/c1-21-10-7-14(12-21)18(25)23-11-8-16(13-23)22(2)19(26)17-6-5-15-4-3-9-20-24(15)17/h3-6,9,14,16H,7-8,10-13H2,1-2H3/t14-,16?/m0/s1. The van der Waals surface area contributed by atoms with Gasteiger partial charge in [-0.3, -0.25) is 9.59 Å².